The summed E-state index contributed by atoms with van der Waals surface area (Å²) in [6.07, 6.45) is 6.84. The Morgan fingerprint density at radius 3 is 2.35 bits per heavy atom. The second kappa shape index (κ2) is 8.36. The second-order valence-corrected chi connectivity index (χ2v) is 5.41. The highest BCUT2D eigenvalue weighted by Gasteiger charge is 2.17. The van der Waals surface area contributed by atoms with Gasteiger partial charge in [0.25, 0.3) is 0 Å². The molecule has 1 N–H and O–H groups in total. The standard InChI is InChI=1S/C18H24O2/c1-14(2)8-7-9-15(3)12-13-17(18(19)20)16-10-5-4-6-11-16/h4-6,8,10-12,17H,7,9,13H2,1-3H3,(H,19,20)/b15-12+. The summed E-state index contributed by atoms with van der Waals surface area (Å²) in [5.74, 6) is -1.21. The van der Waals surface area contributed by atoms with Gasteiger partial charge in [0.1, 0.15) is 0 Å². The van der Waals surface area contributed by atoms with E-state index in [1.54, 1.807) is 0 Å². The van der Waals surface area contributed by atoms with Crippen molar-refractivity contribution in [3.63, 3.8) is 0 Å². The van der Waals surface area contributed by atoms with Gasteiger partial charge >= 0.3 is 5.97 Å². The number of aliphatic carboxylic acids is 1. The van der Waals surface area contributed by atoms with Gasteiger partial charge < -0.3 is 5.11 Å². The second-order valence-electron chi connectivity index (χ2n) is 5.41. The molecule has 0 aromatic heterocycles. The minimum Gasteiger partial charge on any atom is -0.481 e. The molecule has 2 heteroatoms. The van der Waals surface area contributed by atoms with Gasteiger partial charge in [-0.05, 0) is 45.6 Å². The molecule has 0 amide bonds. The van der Waals surface area contributed by atoms with Crippen LogP contribution in [0.15, 0.2) is 53.6 Å². The molecule has 20 heavy (non-hydrogen) atoms. The van der Waals surface area contributed by atoms with Crippen molar-refractivity contribution in [2.75, 3.05) is 0 Å². The van der Waals surface area contributed by atoms with Gasteiger partial charge in [-0.25, -0.2) is 0 Å². The Hall–Kier alpha value is -1.83. The van der Waals surface area contributed by atoms with E-state index in [9.17, 15) is 9.90 Å². The van der Waals surface area contributed by atoms with Crippen LogP contribution >= 0.6 is 0 Å². The summed E-state index contributed by atoms with van der Waals surface area (Å²) < 4.78 is 0. The van der Waals surface area contributed by atoms with Gasteiger partial charge in [-0.2, -0.15) is 0 Å². The summed E-state index contributed by atoms with van der Waals surface area (Å²) in [5, 5.41) is 9.35. The Bertz CT molecular complexity index is 479. The third-order valence-electron chi connectivity index (χ3n) is 3.29. The topological polar surface area (TPSA) is 37.3 Å². The number of benzene rings is 1. The van der Waals surface area contributed by atoms with Crippen LogP contribution in [0.2, 0.25) is 0 Å². The molecule has 1 atom stereocenters. The van der Waals surface area contributed by atoms with Crippen molar-refractivity contribution in [3.05, 3.63) is 59.2 Å². The SMILES string of the molecule is CC(C)=CCC/C(C)=C/CC(C(=O)O)c1ccccc1. The maximum absolute atomic E-state index is 11.4. The molecule has 1 aromatic rings. The lowest BCUT2D eigenvalue weighted by Gasteiger charge is -2.11. The van der Waals surface area contributed by atoms with Gasteiger partial charge in [-0.3, -0.25) is 4.79 Å². The van der Waals surface area contributed by atoms with Crippen LogP contribution in [-0.2, 0) is 4.79 Å². The van der Waals surface area contributed by atoms with Crippen molar-refractivity contribution in [2.45, 2.75) is 46.0 Å². The molecule has 0 spiro atoms. The quantitative estimate of drug-likeness (QED) is 0.714. The van der Waals surface area contributed by atoms with Crippen molar-refractivity contribution in [1.82, 2.24) is 0 Å². The Labute approximate surface area is 121 Å². The molecule has 0 saturated carbocycles. The first-order valence-corrected chi connectivity index (χ1v) is 7.07. The Kier molecular flexibility index (Phi) is 6.78. The fourth-order valence-electron chi connectivity index (χ4n) is 2.07. The number of hydrogen-bond donors (Lipinski definition) is 1. The number of carboxylic acids is 1. The molecule has 0 bridgehead atoms. The van der Waals surface area contributed by atoms with Crippen molar-refractivity contribution < 1.29 is 9.90 Å². The molecule has 0 radical (unpaired) electrons. The summed E-state index contributed by atoms with van der Waals surface area (Å²) in [4.78, 5) is 11.4. The fraction of sp³-hybridized carbons (Fsp3) is 0.389. The Balaban J connectivity index is 2.63. The van der Waals surface area contributed by atoms with Gasteiger partial charge in [0.05, 0.1) is 5.92 Å². The molecular weight excluding hydrogens is 248 g/mol. The molecule has 0 aliphatic carbocycles. The average Bonchev–Trinajstić information content (AvgIpc) is 2.39. The molecular formula is C18H24O2. The monoisotopic (exact) mass is 272 g/mol. The number of rotatable bonds is 7. The molecule has 0 aliphatic heterocycles. The molecule has 1 aromatic carbocycles. The molecule has 0 fully saturated rings. The highest BCUT2D eigenvalue weighted by molar-refractivity contribution is 5.76. The predicted molar refractivity (Wildman–Crippen MR) is 83.9 cm³/mol. The zero-order valence-electron chi connectivity index (χ0n) is 12.6. The summed E-state index contributed by atoms with van der Waals surface area (Å²) in [6.45, 7) is 6.26. The van der Waals surface area contributed by atoms with Crippen LogP contribution in [0.1, 0.15) is 51.5 Å². The lowest BCUT2D eigenvalue weighted by Crippen LogP contribution is -2.10. The number of hydrogen-bond acceptors (Lipinski definition) is 1. The van der Waals surface area contributed by atoms with Crippen molar-refractivity contribution >= 4 is 5.97 Å². The zero-order valence-corrected chi connectivity index (χ0v) is 12.6. The molecule has 0 heterocycles. The number of carboxylic acid groups (broad SMARTS) is 1. The Morgan fingerprint density at radius 2 is 1.80 bits per heavy atom. The number of allylic oxidation sites excluding steroid dienone is 4. The van der Waals surface area contributed by atoms with Crippen LogP contribution in [0.5, 0.6) is 0 Å². The van der Waals surface area contributed by atoms with Crippen LogP contribution < -0.4 is 0 Å². The zero-order chi connectivity index (χ0) is 15.0. The lowest BCUT2D eigenvalue weighted by molar-refractivity contribution is -0.138. The first kappa shape index (κ1) is 16.2. The highest BCUT2D eigenvalue weighted by Crippen LogP contribution is 2.21. The summed E-state index contributed by atoms with van der Waals surface area (Å²) in [7, 11) is 0. The molecule has 1 rings (SSSR count). The van der Waals surface area contributed by atoms with Gasteiger partial charge in [-0.1, -0.05) is 53.6 Å². The third-order valence-corrected chi connectivity index (χ3v) is 3.29. The van der Waals surface area contributed by atoms with E-state index >= 15 is 0 Å². The summed E-state index contributed by atoms with van der Waals surface area (Å²) in [6, 6.07) is 9.44. The fourth-order valence-corrected chi connectivity index (χ4v) is 2.07. The van der Waals surface area contributed by atoms with E-state index in [1.807, 2.05) is 30.3 Å². The van der Waals surface area contributed by atoms with Gasteiger partial charge in [0.2, 0.25) is 0 Å². The first-order chi connectivity index (χ1) is 9.50. The van der Waals surface area contributed by atoms with Crippen molar-refractivity contribution in [1.29, 1.82) is 0 Å². The van der Waals surface area contributed by atoms with Crippen LogP contribution in [0.25, 0.3) is 0 Å². The van der Waals surface area contributed by atoms with E-state index in [2.05, 4.69) is 32.9 Å². The predicted octanol–water partition coefficient (Wildman–Crippen LogP) is 4.94. The lowest BCUT2D eigenvalue weighted by atomic mass is 9.94. The van der Waals surface area contributed by atoms with Gasteiger partial charge in [0, 0.05) is 0 Å². The molecule has 0 saturated heterocycles. The molecule has 1 unspecified atom stereocenters. The summed E-state index contributed by atoms with van der Waals surface area (Å²) in [5.41, 5.74) is 3.45. The van der Waals surface area contributed by atoms with Crippen molar-refractivity contribution in [3.8, 4) is 0 Å². The van der Waals surface area contributed by atoms with E-state index in [4.69, 9.17) is 0 Å². The van der Waals surface area contributed by atoms with E-state index in [0.717, 1.165) is 18.4 Å². The van der Waals surface area contributed by atoms with E-state index in [-0.39, 0.29) is 0 Å². The minimum atomic E-state index is -0.760. The number of carbonyl (C=O) groups is 1. The maximum Gasteiger partial charge on any atom is 0.311 e. The highest BCUT2D eigenvalue weighted by atomic mass is 16.4. The van der Waals surface area contributed by atoms with Crippen LogP contribution in [0.3, 0.4) is 0 Å². The average molecular weight is 272 g/mol. The van der Waals surface area contributed by atoms with Crippen LogP contribution in [-0.4, -0.2) is 11.1 Å². The van der Waals surface area contributed by atoms with Gasteiger partial charge in [-0.15, -0.1) is 0 Å². The van der Waals surface area contributed by atoms with E-state index in [1.165, 1.54) is 11.1 Å². The van der Waals surface area contributed by atoms with Crippen LogP contribution in [0, 0.1) is 0 Å². The maximum atomic E-state index is 11.4. The largest absolute Gasteiger partial charge is 0.481 e. The van der Waals surface area contributed by atoms with E-state index < -0.39 is 11.9 Å². The molecule has 108 valence electrons. The third kappa shape index (κ3) is 5.87. The smallest absolute Gasteiger partial charge is 0.311 e. The van der Waals surface area contributed by atoms with Gasteiger partial charge in [0.15, 0.2) is 0 Å². The molecule has 2 nitrogen and oxygen atoms in total. The normalized spacial score (nSPS) is 12.8. The summed E-state index contributed by atoms with van der Waals surface area (Å²) >= 11 is 0. The van der Waals surface area contributed by atoms with Crippen LogP contribution in [0.4, 0.5) is 0 Å². The van der Waals surface area contributed by atoms with E-state index in [0.29, 0.717) is 6.42 Å². The Morgan fingerprint density at radius 1 is 1.15 bits per heavy atom. The van der Waals surface area contributed by atoms with Crippen molar-refractivity contribution in [2.24, 2.45) is 0 Å². The first-order valence-electron chi connectivity index (χ1n) is 7.07. The minimum absolute atomic E-state index is 0.449. The molecule has 0 aliphatic rings.